The molecule has 3 fully saturated rings. The molecule has 1 saturated carbocycles. The third kappa shape index (κ3) is 4.27. The summed E-state index contributed by atoms with van der Waals surface area (Å²) >= 11 is 6.23. The predicted molar refractivity (Wildman–Crippen MR) is 123 cm³/mol. The highest BCUT2D eigenvalue weighted by Gasteiger charge is 2.52. The number of sulfonamides is 1. The zero-order valence-electron chi connectivity index (χ0n) is 18.1. The number of fused-ring (bicyclic) bond motifs is 2. The fourth-order valence-electron chi connectivity index (χ4n) is 4.85. The van der Waals surface area contributed by atoms with Gasteiger partial charge in [0, 0.05) is 24.9 Å². The van der Waals surface area contributed by atoms with Gasteiger partial charge >= 0.3 is 5.97 Å². The van der Waals surface area contributed by atoms with Crippen molar-refractivity contribution < 1.29 is 23.1 Å². The van der Waals surface area contributed by atoms with Crippen molar-refractivity contribution in [1.29, 1.82) is 0 Å². The summed E-state index contributed by atoms with van der Waals surface area (Å²) in [7, 11) is -3.19. The number of rotatable bonds is 7. The van der Waals surface area contributed by atoms with E-state index >= 15 is 0 Å². The van der Waals surface area contributed by atoms with Gasteiger partial charge in [0.1, 0.15) is 18.2 Å². The highest BCUT2D eigenvalue weighted by molar-refractivity contribution is 7.90. The van der Waals surface area contributed by atoms with Crippen molar-refractivity contribution in [2.24, 2.45) is 0 Å². The Bertz CT molecular complexity index is 1190. The molecule has 33 heavy (non-hydrogen) atoms. The highest BCUT2D eigenvalue weighted by Crippen LogP contribution is 2.44. The molecule has 2 bridgehead atoms. The molecule has 1 aromatic carbocycles. The van der Waals surface area contributed by atoms with Crippen molar-refractivity contribution in [3.8, 4) is 5.88 Å². The molecule has 3 aliphatic rings. The number of hydrogen-bond acceptors (Lipinski definition) is 7. The Balaban J connectivity index is 1.30. The maximum atomic E-state index is 12.8. The summed E-state index contributed by atoms with van der Waals surface area (Å²) in [5, 5.41) is 12.3. The molecule has 2 atom stereocenters. The Hall–Kier alpha value is -2.43. The average molecular weight is 493 g/mol. The maximum Gasteiger partial charge on any atom is 0.335 e. The molecule has 176 valence electrons. The number of aromatic nitrogens is 2. The van der Waals surface area contributed by atoms with Crippen molar-refractivity contribution in [3.63, 3.8) is 0 Å². The zero-order valence-corrected chi connectivity index (χ0v) is 19.6. The number of carboxylic acid groups (broad SMARTS) is 1. The second-order valence-corrected chi connectivity index (χ2v) is 11.5. The van der Waals surface area contributed by atoms with Gasteiger partial charge in [0.25, 0.3) is 0 Å². The third-order valence-electron chi connectivity index (χ3n) is 6.65. The van der Waals surface area contributed by atoms with E-state index in [1.165, 1.54) is 18.5 Å². The van der Waals surface area contributed by atoms with Crippen molar-refractivity contribution in [2.75, 3.05) is 5.32 Å². The van der Waals surface area contributed by atoms with Gasteiger partial charge in [-0.2, -0.15) is 4.31 Å². The summed E-state index contributed by atoms with van der Waals surface area (Å²) in [6.07, 6.45) is 5.87. The number of piperidine rings is 1. The lowest BCUT2D eigenvalue weighted by Gasteiger charge is -2.37. The summed E-state index contributed by atoms with van der Waals surface area (Å²) in [6.45, 7) is 1.83. The van der Waals surface area contributed by atoms with Gasteiger partial charge in [-0.05, 0) is 50.8 Å². The molecule has 2 N–H and O–H groups in total. The molecule has 1 aromatic heterocycles. The monoisotopic (exact) mass is 492 g/mol. The van der Waals surface area contributed by atoms with Gasteiger partial charge < -0.3 is 15.2 Å². The molecule has 2 saturated heterocycles. The first-order valence-electron chi connectivity index (χ1n) is 11.0. The van der Waals surface area contributed by atoms with Crippen LogP contribution in [0.5, 0.6) is 5.88 Å². The van der Waals surface area contributed by atoms with E-state index in [9.17, 15) is 13.2 Å². The predicted octanol–water partition coefficient (Wildman–Crippen LogP) is 3.75. The molecule has 2 aliphatic heterocycles. The van der Waals surface area contributed by atoms with E-state index in [0.717, 1.165) is 25.7 Å². The molecule has 0 amide bonds. The van der Waals surface area contributed by atoms with Crippen molar-refractivity contribution in [2.45, 2.75) is 68.9 Å². The number of anilines is 2. The number of carbonyl (C=O) groups is 1. The number of ether oxygens (including phenoxy) is 1. The van der Waals surface area contributed by atoms with Gasteiger partial charge in [-0.15, -0.1) is 0 Å². The first kappa shape index (κ1) is 22.4. The van der Waals surface area contributed by atoms with Crippen LogP contribution in [-0.4, -0.2) is 57.2 Å². The quantitative estimate of drug-likeness (QED) is 0.599. The molecule has 5 rings (SSSR count). The van der Waals surface area contributed by atoms with E-state index in [2.05, 4.69) is 15.3 Å². The van der Waals surface area contributed by atoms with Crippen molar-refractivity contribution in [1.82, 2.24) is 14.3 Å². The Morgan fingerprint density at radius 3 is 2.48 bits per heavy atom. The number of hydrogen-bond donors (Lipinski definition) is 2. The van der Waals surface area contributed by atoms with Gasteiger partial charge in [-0.25, -0.2) is 23.2 Å². The molecule has 2 aromatic rings. The van der Waals surface area contributed by atoms with Gasteiger partial charge in [-0.1, -0.05) is 11.6 Å². The second-order valence-electron chi connectivity index (χ2n) is 8.95. The van der Waals surface area contributed by atoms with Crippen LogP contribution in [-0.2, 0) is 10.0 Å². The number of nitrogens with zero attached hydrogens (tertiary/aromatic N) is 3. The molecule has 2 unspecified atom stereocenters. The number of aromatic carboxylic acids is 1. The lowest BCUT2D eigenvalue weighted by atomic mass is 10.0. The Kier molecular flexibility index (Phi) is 5.70. The van der Waals surface area contributed by atoms with Crippen LogP contribution in [0.3, 0.4) is 0 Å². The van der Waals surface area contributed by atoms with E-state index in [-0.39, 0.29) is 34.0 Å². The zero-order chi connectivity index (χ0) is 23.3. The molecule has 9 nitrogen and oxygen atoms in total. The minimum Gasteiger partial charge on any atom is -0.478 e. The largest absolute Gasteiger partial charge is 0.478 e. The van der Waals surface area contributed by atoms with E-state index in [4.69, 9.17) is 21.4 Å². The minimum absolute atomic E-state index is 0.00866. The van der Waals surface area contributed by atoms with Crippen LogP contribution >= 0.6 is 11.6 Å². The summed E-state index contributed by atoms with van der Waals surface area (Å²) in [5.74, 6) is -0.113. The first-order valence-corrected chi connectivity index (χ1v) is 12.9. The molecule has 1 aliphatic carbocycles. The number of benzene rings is 1. The average Bonchev–Trinajstić information content (AvgIpc) is 3.58. The molecular weight excluding hydrogens is 468 g/mol. The smallest absolute Gasteiger partial charge is 0.335 e. The van der Waals surface area contributed by atoms with Crippen molar-refractivity contribution >= 4 is 39.1 Å². The minimum atomic E-state index is -3.19. The van der Waals surface area contributed by atoms with Crippen LogP contribution in [0, 0.1) is 6.92 Å². The highest BCUT2D eigenvalue weighted by atomic mass is 35.5. The fourth-order valence-corrected chi connectivity index (χ4v) is 7.37. The Morgan fingerprint density at radius 2 is 1.88 bits per heavy atom. The normalized spacial score (nSPS) is 25.1. The molecule has 0 radical (unpaired) electrons. The van der Waals surface area contributed by atoms with Gasteiger partial charge in [-0.3, -0.25) is 0 Å². The summed E-state index contributed by atoms with van der Waals surface area (Å²) in [4.78, 5) is 19.7. The summed E-state index contributed by atoms with van der Waals surface area (Å²) in [5.41, 5.74) is 1.31. The third-order valence-corrected chi connectivity index (χ3v) is 9.46. The lowest BCUT2D eigenvalue weighted by molar-refractivity contribution is 0.0696. The van der Waals surface area contributed by atoms with Crippen LogP contribution in [0.15, 0.2) is 24.5 Å². The fraction of sp³-hybridized carbons (Fsp3) is 0.500. The Morgan fingerprint density at radius 1 is 1.18 bits per heavy atom. The van der Waals surface area contributed by atoms with Crippen LogP contribution in [0.2, 0.25) is 5.02 Å². The summed E-state index contributed by atoms with van der Waals surface area (Å²) in [6, 6.07) is 4.40. The maximum absolute atomic E-state index is 12.8. The van der Waals surface area contributed by atoms with E-state index in [1.807, 2.05) is 6.92 Å². The second kappa shape index (κ2) is 8.41. The van der Waals surface area contributed by atoms with Crippen LogP contribution in [0.4, 0.5) is 11.5 Å². The van der Waals surface area contributed by atoms with Gasteiger partial charge in [0.2, 0.25) is 15.9 Å². The van der Waals surface area contributed by atoms with E-state index in [1.54, 1.807) is 10.4 Å². The van der Waals surface area contributed by atoms with Crippen LogP contribution in [0.25, 0.3) is 0 Å². The molecule has 0 spiro atoms. The topological polar surface area (TPSA) is 122 Å². The van der Waals surface area contributed by atoms with E-state index < -0.39 is 16.0 Å². The molecular formula is C22H25ClN4O5S. The number of carboxylic acids is 1. The van der Waals surface area contributed by atoms with Crippen LogP contribution in [0.1, 0.15) is 54.4 Å². The van der Waals surface area contributed by atoms with Crippen LogP contribution < -0.4 is 10.1 Å². The SMILES string of the molecule is Cc1c(Nc2ccc(C(=O)O)cc2Cl)ncnc1OC1CC2CCC(C1)N2S(=O)(=O)C1CC1. The standard InChI is InChI=1S/C22H25ClN4O5S/c1-12-20(26-19-7-2-13(22(28)29)8-18(19)23)24-11-25-21(12)32-16-9-14-3-4-15(10-16)27(14)33(30,31)17-5-6-17/h2,7-8,11,14-17H,3-6,9-10H2,1H3,(H,28,29)(H,24,25,26). The van der Waals surface area contributed by atoms with E-state index in [0.29, 0.717) is 35.8 Å². The first-order chi connectivity index (χ1) is 15.7. The molecule has 11 heteroatoms. The van der Waals surface area contributed by atoms with Crippen molar-refractivity contribution in [3.05, 3.63) is 40.7 Å². The van der Waals surface area contributed by atoms with Gasteiger partial charge in [0.05, 0.1) is 27.1 Å². The Labute approximate surface area is 197 Å². The number of halogens is 1. The lowest BCUT2D eigenvalue weighted by Crippen LogP contribution is -2.50. The summed E-state index contributed by atoms with van der Waals surface area (Å²) < 4.78 is 33.7. The number of nitrogens with one attached hydrogen (secondary N) is 1. The van der Waals surface area contributed by atoms with Gasteiger partial charge in [0.15, 0.2) is 0 Å². The molecule has 3 heterocycles.